The molecule has 4 nitrogen and oxygen atoms in total. The molecule has 0 spiro atoms. The Morgan fingerprint density at radius 3 is 2.53 bits per heavy atom. The van der Waals surface area contributed by atoms with Crippen LogP contribution in [0.25, 0.3) is 0 Å². The van der Waals surface area contributed by atoms with Gasteiger partial charge in [-0.3, -0.25) is 9.59 Å². The normalized spacial score (nSPS) is 25.3. The highest BCUT2D eigenvalue weighted by molar-refractivity contribution is 6.05. The van der Waals surface area contributed by atoms with Crippen molar-refractivity contribution in [1.29, 1.82) is 0 Å². The van der Waals surface area contributed by atoms with E-state index in [4.69, 9.17) is 9.47 Å². The molecule has 1 aliphatic carbocycles. The summed E-state index contributed by atoms with van der Waals surface area (Å²) in [6.07, 6.45) is 3.46. The van der Waals surface area contributed by atoms with Gasteiger partial charge >= 0.3 is 0 Å². The summed E-state index contributed by atoms with van der Waals surface area (Å²) in [7, 11) is 2.84. The van der Waals surface area contributed by atoms with Gasteiger partial charge in [0.05, 0.1) is 5.92 Å². The molecule has 0 saturated heterocycles. The molecule has 2 atom stereocenters. The van der Waals surface area contributed by atoms with Crippen LogP contribution in [0.2, 0.25) is 0 Å². The zero-order chi connectivity index (χ0) is 12.8. The van der Waals surface area contributed by atoms with E-state index in [0.717, 1.165) is 25.7 Å². The highest BCUT2D eigenvalue weighted by Crippen LogP contribution is 2.30. The van der Waals surface area contributed by atoms with E-state index in [-0.39, 0.29) is 17.5 Å². The summed E-state index contributed by atoms with van der Waals surface area (Å²) in [6, 6.07) is 0. The smallest absolute Gasteiger partial charge is 0.218 e. The Balaban J connectivity index is 2.69. The molecule has 0 N–H and O–H groups in total. The lowest BCUT2D eigenvalue weighted by atomic mass is 9.76. The Morgan fingerprint density at radius 1 is 1.35 bits per heavy atom. The Hall–Kier alpha value is -0.740. The molecular weight excluding hydrogens is 220 g/mol. The second-order valence-corrected chi connectivity index (χ2v) is 4.58. The number of ether oxygens (including phenoxy) is 2. The number of Topliss-reactive ketones (excluding diaryl/α,β-unsaturated/α-hetero) is 2. The Morgan fingerprint density at radius 2 is 2.00 bits per heavy atom. The van der Waals surface area contributed by atoms with Crippen molar-refractivity contribution in [3.05, 3.63) is 0 Å². The van der Waals surface area contributed by atoms with Gasteiger partial charge in [0.15, 0.2) is 5.78 Å². The minimum Gasteiger partial charge on any atom is -0.349 e. The number of hydrogen-bond acceptors (Lipinski definition) is 4. The first-order valence-corrected chi connectivity index (χ1v) is 6.28. The minimum absolute atomic E-state index is 0.0528. The van der Waals surface area contributed by atoms with Crippen LogP contribution in [0.4, 0.5) is 0 Å². The standard InChI is InChI=1S/C13H22O4/c1-4-6-9-7-5-8-10(11(9)14)12(15)13(16-2)17-3/h9-10,13H,4-8H2,1-3H3/t9-,10+/m1/s1. The minimum atomic E-state index is -0.899. The van der Waals surface area contributed by atoms with Crippen LogP contribution in [0, 0.1) is 11.8 Å². The molecule has 0 heterocycles. The molecule has 0 aromatic carbocycles. The van der Waals surface area contributed by atoms with Crippen LogP contribution in [0.1, 0.15) is 39.0 Å². The Labute approximate surface area is 103 Å². The summed E-state index contributed by atoms with van der Waals surface area (Å²) >= 11 is 0. The lowest BCUT2D eigenvalue weighted by Gasteiger charge is -2.28. The van der Waals surface area contributed by atoms with E-state index in [1.807, 2.05) is 0 Å². The van der Waals surface area contributed by atoms with E-state index < -0.39 is 12.2 Å². The van der Waals surface area contributed by atoms with E-state index in [0.29, 0.717) is 6.42 Å². The zero-order valence-electron chi connectivity index (χ0n) is 10.9. The largest absolute Gasteiger partial charge is 0.349 e. The van der Waals surface area contributed by atoms with Crippen LogP contribution in [0.5, 0.6) is 0 Å². The number of hydrogen-bond donors (Lipinski definition) is 0. The molecule has 1 rings (SSSR count). The second kappa shape index (κ2) is 6.87. The predicted molar refractivity (Wildman–Crippen MR) is 63.6 cm³/mol. The first-order valence-electron chi connectivity index (χ1n) is 6.28. The number of ketones is 2. The van der Waals surface area contributed by atoms with Gasteiger partial charge in [-0.25, -0.2) is 0 Å². The van der Waals surface area contributed by atoms with Crippen LogP contribution < -0.4 is 0 Å². The number of carbonyl (C=O) groups excluding carboxylic acids is 2. The third-order valence-corrected chi connectivity index (χ3v) is 3.43. The van der Waals surface area contributed by atoms with Crippen molar-refractivity contribution < 1.29 is 19.1 Å². The highest BCUT2D eigenvalue weighted by Gasteiger charge is 2.38. The molecule has 0 amide bonds. The maximum Gasteiger partial charge on any atom is 0.218 e. The first kappa shape index (κ1) is 14.3. The highest BCUT2D eigenvalue weighted by atomic mass is 16.7. The van der Waals surface area contributed by atoms with Crippen molar-refractivity contribution in [1.82, 2.24) is 0 Å². The zero-order valence-corrected chi connectivity index (χ0v) is 10.9. The number of carbonyl (C=O) groups is 2. The maximum atomic E-state index is 12.2. The van der Waals surface area contributed by atoms with E-state index in [1.165, 1.54) is 14.2 Å². The maximum absolute atomic E-state index is 12.2. The van der Waals surface area contributed by atoms with Gasteiger partial charge in [-0.05, 0) is 19.3 Å². The molecule has 0 aromatic heterocycles. The van der Waals surface area contributed by atoms with Gasteiger partial charge in [0.25, 0.3) is 0 Å². The van der Waals surface area contributed by atoms with Crippen molar-refractivity contribution >= 4 is 11.6 Å². The van der Waals surface area contributed by atoms with Crippen molar-refractivity contribution in [2.24, 2.45) is 11.8 Å². The Kier molecular flexibility index (Phi) is 5.78. The average Bonchev–Trinajstić information content (AvgIpc) is 2.33. The summed E-state index contributed by atoms with van der Waals surface area (Å²) in [4.78, 5) is 24.2. The van der Waals surface area contributed by atoms with Crippen molar-refractivity contribution in [2.75, 3.05) is 14.2 Å². The molecule has 1 saturated carbocycles. The molecule has 4 heteroatoms. The van der Waals surface area contributed by atoms with Gasteiger partial charge in [0.1, 0.15) is 5.78 Å². The van der Waals surface area contributed by atoms with Crippen LogP contribution in [0.15, 0.2) is 0 Å². The van der Waals surface area contributed by atoms with Crippen LogP contribution in [-0.2, 0) is 19.1 Å². The van der Waals surface area contributed by atoms with Crippen molar-refractivity contribution in [3.8, 4) is 0 Å². The molecule has 1 fully saturated rings. The second-order valence-electron chi connectivity index (χ2n) is 4.58. The lowest BCUT2D eigenvalue weighted by Crippen LogP contribution is -2.40. The topological polar surface area (TPSA) is 52.6 Å². The van der Waals surface area contributed by atoms with E-state index in [1.54, 1.807) is 0 Å². The molecule has 0 radical (unpaired) electrons. The summed E-state index contributed by atoms with van der Waals surface area (Å²) < 4.78 is 9.87. The SMILES string of the molecule is CCC[C@@H]1CCC[C@H](C(=O)C(OC)OC)C1=O. The summed E-state index contributed by atoms with van der Waals surface area (Å²) in [5.74, 6) is -0.606. The molecule has 17 heavy (non-hydrogen) atoms. The summed E-state index contributed by atoms with van der Waals surface area (Å²) in [6.45, 7) is 2.06. The van der Waals surface area contributed by atoms with Gasteiger partial charge in [0.2, 0.25) is 6.29 Å². The molecule has 0 bridgehead atoms. The van der Waals surface area contributed by atoms with Crippen molar-refractivity contribution in [2.45, 2.75) is 45.3 Å². The van der Waals surface area contributed by atoms with E-state index in [2.05, 4.69) is 6.92 Å². The van der Waals surface area contributed by atoms with Gasteiger partial charge in [-0.15, -0.1) is 0 Å². The van der Waals surface area contributed by atoms with Gasteiger partial charge in [0, 0.05) is 20.1 Å². The summed E-state index contributed by atoms with van der Waals surface area (Å²) in [5.41, 5.74) is 0. The van der Waals surface area contributed by atoms with Crippen LogP contribution >= 0.6 is 0 Å². The molecule has 0 aromatic rings. The molecule has 1 aliphatic rings. The van der Waals surface area contributed by atoms with Gasteiger partial charge in [-0.1, -0.05) is 19.8 Å². The number of methoxy groups -OCH3 is 2. The average molecular weight is 242 g/mol. The fourth-order valence-corrected chi connectivity index (χ4v) is 2.55. The van der Waals surface area contributed by atoms with Crippen LogP contribution in [-0.4, -0.2) is 32.1 Å². The first-order chi connectivity index (χ1) is 8.15. The molecule has 0 unspecified atom stereocenters. The Bertz CT molecular complexity index is 269. The number of rotatable bonds is 6. The molecule has 98 valence electrons. The van der Waals surface area contributed by atoms with Gasteiger partial charge in [-0.2, -0.15) is 0 Å². The van der Waals surface area contributed by atoms with Crippen LogP contribution in [0.3, 0.4) is 0 Å². The molecular formula is C13H22O4. The quantitative estimate of drug-likeness (QED) is 0.528. The van der Waals surface area contributed by atoms with E-state index in [9.17, 15) is 9.59 Å². The fourth-order valence-electron chi connectivity index (χ4n) is 2.55. The van der Waals surface area contributed by atoms with Crippen molar-refractivity contribution in [3.63, 3.8) is 0 Å². The third-order valence-electron chi connectivity index (χ3n) is 3.43. The fraction of sp³-hybridized carbons (Fsp3) is 0.846. The third kappa shape index (κ3) is 3.36. The monoisotopic (exact) mass is 242 g/mol. The van der Waals surface area contributed by atoms with Gasteiger partial charge < -0.3 is 9.47 Å². The lowest BCUT2D eigenvalue weighted by molar-refractivity contribution is -0.164. The molecule has 0 aliphatic heterocycles. The van der Waals surface area contributed by atoms with E-state index >= 15 is 0 Å². The predicted octanol–water partition coefficient (Wildman–Crippen LogP) is 1.96. The summed E-state index contributed by atoms with van der Waals surface area (Å²) in [5, 5.41) is 0.